The van der Waals surface area contributed by atoms with Crippen LogP contribution in [0.1, 0.15) is 1.43 Å². The van der Waals surface area contributed by atoms with Gasteiger partial charge in [0.05, 0.1) is 0 Å². The summed E-state index contributed by atoms with van der Waals surface area (Å²) in [7, 11) is 0. The van der Waals surface area contributed by atoms with Crippen LogP contribution in [0.25, 0.3) is 0 Å². The molecule has 0 rings (SSSR count). The Morgan fingerprint density at radius 2 is 0.800 bits per heavy atom. The monoisotopic (exact) mass is 80.1 g/mol. The van der Waals surface area contributed by atoms with Crippen LogP contribution in [0, 0.1) is 0 Å². The van der Waals surface area contributed by atoms with Crippen LogP contribution < -0.4 is 18.9 Å². The first kappa shape index (κ1) is 102. The van der Waals surface area contributed by atoms with E-state index in [0.29, 0.717) is 0 Å². The largest absolute Gasteiger partial charge is 3.00 e. The van der Waals surface area contributed by atoms with Gasteiger partial charge in [-0.15, -0.1) is 0 Å². The minimum absolute atomic E-state index is 0. The summed E-state index contributed by atoms with van der Waals surface area (Å²) in [4.78, 5) is 0. The summed E-state index contributed by atoms with van der Waals surface area (Å²) < 4.78 is 0. The standard InChI is InChI=1S/Al.3BH4.Li.H/h;3*1H4;;/q+3;3*-1;+1;-1. The van der Waals surface area contributed by atoms with Gasteiger partial charge in [0.25, 0.3) is 0 Å². The molecule has 0 atom stereocenters. The third-order valence-corrected chi connectivity index (χ3v) is 0. The van der Waals surface area contributed by atoms with Crippen LogP contribution in [0.2, 0.25) is 0 Å². The molecule has 5 heavy (non-hydrogen) atoms. The normalized spacial score (nSPS) is 0. The first-order valence-electron chi connectivity index (χ1n) is 0. The molecule has 0 unspecified atom stereocenters. The second-order valence-electron chi connectivity index (χ2n) is 0. The van der Waals surface area contributed by atoms with Gasteiger partial charge in [0.2, 0.25) is 0 Å². The quantitative estimate of drug-likeness (QED) is 0.253. The van der Waals surface area contributed by atoms with Gasteiger partial charge in [0, 0.05) is 0 Å². The summed E-state index contributed by atoms with van der Waals surface area (Å²) >= 11 is 0. The van der Waals surface area contributed by atoms with Crippen LogP contribution in [-0.2, 0) is 0 Å². The predicted molar refractivity (Wildman–Crippen MR) is 40.9 cm³/mol. The summed E-state index contributed by atoms with van der Waals surface area (Å²) in [5.41, 5.74) is 0. The molecule has 5 heteroatoms. The Morgan fingerprint density at radius 3 is 0.800 bits per heavy atom. The van der Waals surface area contributed by atoms with E-state index in [1.54, 1.807) is 0 Å². The minimum atomic E-state index is 0. The van der Waals surface area contributed by atoms with Crippen LogP contribution in [-0.4, -0.2) is 42.6 Å². The molecule has 0 aliphatic rings. The van der Waals surface area contributed by atoms with Crippen molar-refractivity contribution in [3.05, 3.63) is 0 Å². The van der Waals surface area contributed by atoms with Crippen LogP contribution >= 0.6 is 0 Å². The topological polar surface area (TPSA) is 0 Å². The third-order valence-electron chi connectivity index (χ3n) is 0. The fraction of sp³-hybridized carbons (Fsp3) is 0. The molecule has 0 amide bonds. The molecule has 26 valence electrons. The van der Waals surface area contributed by atoms with Crippen molar-refractivity contribution in [1.29, 1.82) is 0 Å². The molecule has 0 N–H and O–H groups in total. The maximum absolute atomic E-state index is 0. The molecule has 0 heterocycles. The fourth-order valence-electron chi connectivity index (χ4n) is 0. The van der Waals surface area contributed by atoms with Crippen molar-refractivity contribution in [1.82, 2.24) is 0 Å². The molecular weight excluding hydrogens is 66.4 g/mol. The van der Waals surface area contributed by atoms with E-state index < -0.39 is 0 Å². The summed E-state index contributed by atoms with van der Waals surface area (Å²) in [5.74, 6) is 0. The Labute approximate surface area is 63.0 Å². The fourth-order valence-corrected chi connectivity index (χ4v) is 0. The minimum Gasteiger partial charge on any atom is -1.00 e. The van der Waals surface area contributed by atoms with E-state index in [0.717, 1.165) is 0 Å². The molecule has 0 aliphatic heterocycles. The van der Waals surface area contributed by atoms with Crippen molar-refractivity contribution >= 4 is 42.6 Å². The summed E-state index contributed by atoms with van der Waals surface area (Å²) in [5, 5.41) is 0. The smallest absolute Gasteiger partial charge is 1.00 e. The van der Waals surface area contributed by atoms with Crippen molar-refractivity contribution in [2.75, 3.05) is 0 Å². The van der Waals surface area contributed by atoms with Crippen LogP contribution in [0.4, 0.5) is 0 Å². The van der Waals surface area contributed by atoms with Crippen molar-refractivity contribution in [3.8, 4) is 0 Å². The van der Waals surface area contributed by atoms with Gasteiger partial charge in [-0.1, -0.05) is 25.2 Å². The van der Waals surface area contributed by atoms with Gasteiger partial charge in [-0.25, -0.2) is 0 Å². The third kappa shape index (κ3) is 33.5. The summed E-state index contributed by atoms with van der Waals surface area (Å²) in [6, 6.07) is 0. The maximum Gasteiger partial charge on any atom is 3.00 e. The maximum atomic E-state index is 0. The van der Waals surface area contributed by atoms with E-state index in [-0.39, 0.29) is 62.9 Å². The number of hydrogen-bond donors (Lipinski definition) is 0. The average molecular weight is 79.5 g/mol. The zero-order valence-electron chi connectivity index (χ0n) is 2.58. The van der Waals surface area contributed by atoms with Gasteiger partial charge < -0.3 is 1.43 Å². The van der Waals surface area contributed by atoms with E-state index >= 15 is 0 Å². The van der Waals surface area contributed by atoms with Crippen molar-refractivity contribution in [2.45, 2.75) is 0 Å². The average Bonchev–Trinajstić information content (AvgIpc) is 0. The van der Waals surface area contributed by atoms with Crippen molar-refractivity contribution in [3.63, 3.8) is 0 Å². The molecule has 0 nitrogen and oxygen atoms in total. The summed E-state index contributed by atoms with van der Waals surface area (Å²) in [6.45, 7) is 0. The van der Waals surface area contributed by atoms with Gasteiger partial charge in [0.15, 0.2) is 0 Å². The molecule has 0 saturated carbocycles. The molecule has 0 spiro atoms. The zero-order valence-corrected chi connectivity index (χ0v) is 2.73. The van der Waals surface area contributed by atoms with Gasteiger partial charge in [-0.3, -0.25) is 0 Å². The molecule has 0 aromatic heterocycles. The predicted octanol–water partition coefficient (Wildman–Crippen LogP) is -7.62. The Morgan fingerprint density at radius 1 is 0.800 bits per heavy atom. The Hall–Kier alpha value is 1.32. The van der Waals surface area contributed by atoms with Gasteiger partial charge >= 0.3 is 36.2 Å². The van der Waals surface area contributed by atoms with E-state index in [4.69, 9.17) is 0 Å². The molecule has 0 aromatic rings. The molecule has 0 bridgehead atoms. The Kier molecular flexibility index (Phi) is 1160. The number of rotatable bonds is 0. The van der Waals surface area contributed by atoms with Gasteiger partial charge in [-0.2, -0.15) is 0 Å². The van der Waals surface area contributed by atoms with E-state index in [1.165, 1.54) is 0 Å². The second kappa shape index (κ2) is 56.8. The Bertz CT molecular complexity index is 10.8. The van der Waals surface area contributed by atoms with Gasteiger partial charge in [0.1, 0.15) is 0 Å². The second-order valence-corrected chi connectivity index (χ2v) is 0. The van der Waals surface area contributed by atoms with Crippen molar-refractivity contribution in [2.24, 2.45) is 0 Å². The van der Waals surface area contributed by atoms with Crippen molar-refractivity contribution < 1.29 is 20.3 Å². The van der Waals surface area contributed by atoms with Crippen LogP contribution in [0.5, 0.6) is 0 Å². The van der Waals surface area contributed by atoms with E-state index in [2.05, 4.69) is 0 Å². The molecule has 0 fully saturated rings. The SMILES string of the molecule is [Al+3].[BH4-].[BH4-].[BH4-].[H-].[Li+]. The first-order chi connectivity index (χ1) is 0. The Balaban J connectivity index is 0. The molecule has 0 radical (unpaired) electrons. The molecule has 0 aliphatic carbocycles. The van der Waals surface area contributed by atoms with E-state index in [9.17, 15) is 0 Å². The number of hydrogen-bond acceptors (Lipinski definition) is 0. The summed E-state index contributed by atoms with van der Waals surface area (Å²) in [6.07, 6.45) is 0. The van der Waals surface area contributed by atoms with Crippen LogP contribution in [0.3, 0.4) is 0 Å². The molecule has 0 aromatic carbocycles. The molecular formula is H13AlB3Li. The molecule has 0 saturated heterocycles. The zero-order chi connectivity index (χ0) is 0. The van der Waals surface area contributed by atoms with Gasteiger partial charge in [-0.05, 0) is 0 Å². The van der Waals surface area contributed by atoms with E-state index in [1.807, 2.05) is 0 Å². The first-order valence-corrected chi connectivity index (χ1v) is 0. The van der Waals surface area contributed by atoms with Crippen LogP contribution in [0.15, 0.2) is 0 Å².